The van der Waals surface area contributed by atoms with Crippen LogP contribution in [0.25, 0.3) is 0 Å². The van der Waals surface area contributed by atoms with Gasteiger partial charge in [0.25, 0.3) is 0 Å². The van der Waals surface area contributed by atoms with Gasteiger partial charge in [0.05, 0.1) is 14.2 Å². The molecule has 1 rings (SSSR count). The second-order valence-corrected chi connectivity index (χ2v) is 3.40. The Morgan fingerprint density at radius 3 is 2.13 bits per heavy atom. The predicted octanol–water partition coefficient (Wildman–Crippen LogP) is 2.20. The third kappa shape index (κ3) is 3.80. The highest BCUT2D eigenvalue weighted by Crippen LogP contribution is 2.22. The van der Waals surface area contributed by atoms with Crippen molar-refractivity contribution in [1.29, 1.82) is 0 Å². The lowest BCUT2D eigenvalue weighted by Crippen LogP contribution is -2.13. The van der Waals surface area contributed by atoms with E-state index in [4.69, 9.17) is 9.47 Å². The SMILES string of the molecule is CCCNCc1cc(OC)cc(OC)c1. The molecule has 0 aromatic heterocycles. The summed E-state index contributed by atoms with van der Waals surface area (Å²) in [6.45, 7) is 4.03. The van der Waals surface area contributed by atoms with Gasteiger partial charge in [0, 0.05) is 12.6 Å². The van der Waals surface area contributed by atoms with Crippen molar-refractivity contribution in [2.45, 2.75) is 19.9 Å². The maximum absolute atomic E-state index is 5.20. The van der Waals surface area contributed by atoms with E-state index < -0.39 is 0 Å². The van der Waals surface area contributed by atoms with Crippen LogP contribution in [0.4, 0.5) is 0 Å². The minimum absolute atomic E-state index is 0.836. The van der Waals surface area contributed by atoms with Crippen LogP contribution >= 0.6 is 0 Å². The summed E-state index contributed by atoms with van der Waals surface area (Å²) in [5.74, 6) is 1.67. The quantitative estimate of drug-likeness (QED) is 0.729. The number of nitrogens with one attached hydrogen (secondary N) is 1. The molecule has 0 atom stereocenters. The molecular formula is C12H19NO2. The minimum atomic E-state index is 0.836. The standard InChI is InChI=1S/C12H19NO2/c1-4-5-13-9-10-6-11(14-2)8-12(7-10)15-3/h6-8,13H,4-5,9H2,1-3H3. The van der Waals surface area contributed by atoms with Gasteiger partial charge in [0.15, 0.2) is 0 Å². The van der Waals surface area contributed by atoms with E-state index in [0.717, 1.165) is 31.0 Å². The van der Waals surface area contributed by atoms with Crippen LogP contribution in [0.3, 0.4) is 0 Å². The highest BCUT2D eigenvalue weighted by Gasteiger charge is 2.00. The van der Waals surface area contributed by atoms with Crippen LogP contribution in [0.5, 0.6) is 11.5 Å². The van der Waals surface area contributed by atoms with Gasteiger partial charge in [-0.15, -0.1) is 0 Å². The average Bonchev–Trinajstić information content (AvgIpc) is 2.29. The molecule has 0 aliphatic rings. The number of ether oxygens (including phenoxy) is 2. The Labute approximate surface area is 91.4 Å². The molecule has 84 valence electrons. The van der Waals surface area contributed by atoms with Gasteiger partial charge in [-0.1, -0.05) is 6.92 Å². The van der Waals surface area contributed by atoms with E-state index in [1.807, 2.05) is 18.2 Å². The first-order valence-electron chi connectivity index (χ1n) is 5.22. The van der Waals surface area contributed by atoms with Crippen LogP contribution in [0.1, 0.15) is 18.9 Å². The van der Waals surface area contributed by atoms with Crippen LogP contribution in [-0.4, -0.2) is 20.8 Å². The molecule has 0 bridgehead atoms. The summed E-state index contributed by atoms with van der Waals surface area (Å²) in [6.07, 6.45) is 1.14. The first-order chi connectivity index (χ1) is 7.30. The monoisotopic (exact) mass is 209 g/mol. The van der Waals surface area contributed by atoms with E-state index in [9.17, 15) is 0 Å². The average molecular weight is 209 g/mol. The molecule has 15 heavy (non-hydrogen) atoms. The van der Waals surface area contributed by atoms with E-state index in [-0.39, 0.29) is 0 Å². The molecule has 0 radical (unpaired) electrons. The Kier molecular flexibility index (Phi) is 4.98. The summed E-state index contributed by atoms with van der Waals surface area (Å²) in [5.41, 5.74) is 1.18. The third-order valence-corrected chi connectivity index (χ3v) is 2.17. The summed E-state index contributed by atoms with van der Waals surface area (Å²) in [5, 5.41) is 3.34. The van der Waals surface area contributed by atoms with Gasteiger partial charge in [0.1, 0.15) is 11.5 Å². The van der Waals surface area contributed by atoms with Crippen molar-refractivity contribution in [2.24, 2.45) is 0 Å². The number of hydrogen-bond donors (Lipinski definition) is 1. The fourth-order valence-corrected chi connectivity index (χ4v) is 1.38. The second-order valence-electron chi connectivity index (χ2n) is 3.40. The Morgan fingerprint density at radius 2 is 1.67 bits per heavy atom. The lowest BCUT2D eigenvalue weighted by Gasteiger charge is -2.08. The largest absolute Gasteiger partial charge is 0.497 e. The third-order valence-electron chi connectivity index (χ3n) is 2.17. The zero-order valence-corrected chi connectivity index (χ0v) is 9.67. The van der Waals surface area contributed by atoms with Crippen molar-refractivity contribution < 1.29 is 9.47 Å². The van der Waals surface area contributed by atoms with Crippen molar-refractivity contribution in [3.05, 3.63) is 23.8 Å². The molecule has 1 aromatic rings. The molecule has 0 saturated heterocycles. The molecule has 1 aromatic carbocycles. The topological polar surface area (TPSA) is 30.5 Å². The lowest BCUT2D eigenvalue weighted by molar-refractivity contribution is 0.393. The van der Waals surface area contributed by atoms with Crippen LogP contribution in [0.15, 0.2) is 18.2 Å². The summed E-state index contributed by atoms with van der Waals surface area (Å²) in [7, 11) is 3.33. The molecule has 3 nitrogen and oxygen atoms in total. The second kappa shape index (κ2) is 6.30. The van der Waals surface area contributed by atoms with E-state index in [1.165, 1.54) is 5.56 Å². The van der Waals surface area contributed by atoms with Crippen molar-refractivity contribution in [3.63, 3.8) is 0 Å². The van der Waals surface area contributed by atoms with E-state index in [2.05, 4.69) is 12.2 Å². The number of rotatable bonds is 6. The molecule has 0 saturated carbocycles. The molecule has 0 aliphatic carbocycles. The highest BCUT2D eigenvalue weighted by molar-refractivity contribution is 5.38. The van der Waals surface area contributed by atoms with E-state index in [0.29, 0.717) is 0 Å². The molecule has 0 unspecified atom stereocenters. The number of methoxy groups -OCH3 is 2. The van der Waals surface area contributed by atoms with Gasteiger partial charge in [-0.25, -0.2) is 0 Å². The van der Waals surface area contributed by atoms with Crippen LogP contribution in [-0.2, 0) is 6.54 Å². The Balaban J connectivity index is 2.68. The molecule has 0 aliphatic heterocycles. The van der Waals surface area contributed by atoms with Crippen molar-refractivity contribution in [1.82, 2.24) is 5.32 Å². The van der Waals surface area contributed by atoms with E-state index in [1.54, 1.807) is 14.2 Å². The normalized spacial score (nSPS) is 10.1. The Morgan fingerprint density at radius 1 is 1.07 bits per heavy atom. The van der Waals surface area contributed by atoms with Crippen molar-refractivity contribution in [2.75, 3.05) is 20.8 Å². The fourth-order valence-electron chi connectivity index (χ4n) is 1.38. The van der Waals surface area contributed by atoms with Gasteiger partial charge < -0.3 is 14.8 Å². The smallest absolute Gasteiger partial charge is 0.122 e. The zero-order chi connectivity index (χ0) is 11.1. The number of hydrogen-bond acceptors (Lipinski definition) is 3. The Hall–Kier alpha value is -1.22. The summed E-state index contributed by atoms with van der Waals surface area (Å²) >= 11 is 0. The summed E-state index contributed by atoms with van der Waals surface area (Å²) in [4.78, 5) is 0. The first kappa shape index (κ1) is 11.9. The molecule has 0 spiro atoms. The lowest BCUT2D eigenvalue weighted by atomic mass is 10.2. The number of benzene rings is 1. The first-order valence-corrected chi connectivity index (χ1v) is 5.22. The molecule has 1 N–H and O–H groups in total. The van der Waals surface area contributed by atoms with Gasteiger partial charge in [-0.2, -0.15) is 0 Å². The molecule has 3 heteroatoms. The van der Waals surface area contributed by atoms with Crippen LogP contribution < -0.4 is 14.8 Å². The van der Waals surface area contributed by atoms with Crippen LogP contribution in [0, 0.1) is 0 Å². The molecular weight excluding hydrogens is 190 g/mol. The highest BCUT2D eigenvalue weighted by atomic mass is 16.5. The maximum atomic E-state index is 5.20. The Bertz CT molecular complexity index is 277. The van der Waals surface area contributed by atoms with Gasteiger partial charge in [0.2, 0.25) is 0 Å². The molecule has 0 amide bonds. The van der Waals surface area contributed by atoms with Gasteiger partial charge >= 0.3 is 0 Å². The van der Waals surface area contributed by atoms with Gasteiger partial charge in [-0.05, 0) is 30.7 Å². The van der Waals surface area contributed by atoms with Crippen molar-refractivity contribution >= 4 is 0 Å². The molecule has 0 heterocycles. The fraction of sp³-hybridized carbons (Fsp3) is 0.500. The predicted molar refractivity (Wildman–Crippen MR) is 61.5 cm³/mol. The summed E-state index contributed by atoms with van der Waals surface area (Å²) in [6, 6.07) is 5.92. The minimum Gasteiger partial charge on any atom is -0.497 e. The zero-order valence-electron chi connectivity index (χ0n) is 9.67. The summed E-state index contributed by atoms with van der Waals surface area (Å²) < 4.78 is 10.4. The maximum Gasteiger partial charge on any atom is 0.122 e. The van der Waals surface area contributed by atoms with Crippen molar-refractivity contribution in [3.8, 4) is 11.5 Å². The van der Waals surface area contributed by atoms with E-state index >= 15 is 0 Å². The molecule has 0 fully saturated rings. The van der Waals surface area contributed by atoms with Crippen LogP contribution in [0.2, 0.25) is 0 Å². The van der Waals surface area contributed by atoms with Gasteiger partial charge in [-0.3, -0.25) is 0 Å².